The lowest BCUT2D eigenvalue weighted by Gasteiger charge is -2.61. The minimum Gasteiger partial charge on any atom is -0.469 e. The molecule has 0 aliphatic heterocycles. The van der Waals surface area contributed by atoms with Crippen LogP contribution in [-0.2, 0) is 19.3 Å². The zero-order chi connectivity index (χ0) is 22.2. The van der Waals surface area contributed by atoms with Crippen LogP contribution in [-0.4, -0.2) is 37.5 Å². The average molecular weight is 437 g/mol. The van der Waals surface area contributed by atoms with Gasteiger partial charge in [0.2, 0.25) is 0 Å². The van der Waals surface area contributed by atoms with Crippen molar-refractivity contribution in [1.29, 1.82) is 0 Å². The van der Waals surface area contributed by atoms with Gasteiger partial charge in [-0.25, -0.2) is 9.78 Å². The van der Waals surface area contributed by atoms with E-state index >= 15 is 0 Å². The van der Waals surface area contributed by atoms with Crippen LogP contribution in [0.5, 0.6) is 0 Å². The molecule has 1 N–H and O–H groups in total. The highest BCUT2D eigenvalue weighted by atomic mass is 17.2. The van der Waals surface area contributed by atoms with Gasteiger partial charge in [-0.05, 0) is 111 Å². The number of ether oxygens (including phenoxy) is 1. The summed E-state index contributed by atoms with van der Waals surface area (Å²) in [6, 6.07) is 0. The number of fused-ring (bicyclic) bond motifs is 5. The molecule has 4 aliphatic carbocycles. The van der Waals surface area contributed by atoms with Crippen molar-refractivity contribution in [3.8, 4) is 0 Å². The van der Waals surface area contributed by atoms with Crippen LogP contribution < -0.4 is 0 Å². The Hall–Kier alpha value is -0.650. The third-order valence-corrected chi connectivity index (χ3v) is 10.5. The molecule has 0 bridgehead atoms. The van der Waals surface area contributed by atoms with Crippen LogP contribution in [0.3, 0.4) is 0 Å². The summed E-state index contributed by atoms with van der Waals surface area (Å²) in [5, 5.41) is 10.3. The molecule has 31 heavy (non-hydrogen) atoms. The molecule has 0 amide bonds. The Labute approximate surface area is 188 Å². The first-order valence-electron chi connectivity index (χ1n) is 12.8. The monoisotopic (exact) mass is 436 g/mol. The molecule has 4 rings (SSSR count). The maximum Gasteiger partial charge on any atom is 0.305 e. The topological polar surface area (TPSA) is 65.0 Å². The summed E-state index contributed by atoms with van der Waals surface area (Å²) >= 11 is 0. The number of carbonyl (C=O) groups is 1. The molecule has 0 saturated heterocycles. The van der Waals surface area contributed by atoms with E-state index in [2.05, 4.69) is 13.8 Å². The molecular weight excluding hydrogens is 392 g/mol. The fourth-order valence-electron chi connectivity index (χ4n) is 8.88. The van der Waals surface area contributed by atoms with Gasteiger partial charge in [-0.15, -0.1) is 0 Å². The summed E-state index contributed by atoms with van der Waals surface area (Å²) in [7, 11) is 3.06. The Balaban J connectivity index is 1.47. The number of esters is 1. The van der Waals surface area contributed by atoms with Gasteiger partial charge in [-0.1, -0.05) is 13.8 Å². The van der Waals surface area contributed by atoms with Gasteiger partial charge in [0, 0.05) is 6.42 Å². The Bertz CT molecular complexity index is 637. The van der Waals surface area contributed by atoms with E-state index in [9.17, 15) is 9.90 Å². The van der Waals surface area contributed by atoms with Gasteiger partial charge in [0.15, 0.2) is 0 Å². The molecule has 9 atom stereocenters. The predicted octanol–water partition coefficient (Wildman–Crippen LogP) is 5.30. The highest BCUT2D eigenvalue weighted by Crippen LogP contribution is 2.68. The van der Waals surface area contributed by atoms with E-state index in [1.165, 1.54) is 52.1 Å². The summed E-state index contributed by atoms with van der Waals surface area (Å²) in [4.78, 5) is 22.6. The quantitative estimate of drug-likeness (QED) is 0.333. The fraction of sp³-hybridized carbons (Fsp3) is 0.962. The molecule has 0 aromatic carbocycles. The second-order valence-electron chi connectivity index (χ2n) is 11.6. The number of hydrogen-bond acceptors (Lipinski definition) is 5. The SMILES string of the molecule is COO[C@H](CCCC(=O)OC)[C@H]1CCC2C3CC[C@H]4C[C@@H](O)CC[C@]4(C)C3CC[C@@]21C. The summed E-state index contributed by atoms with van der Waals surface area (Å²) < 4.78 is 4.82. The van der Waals surface area contributed by atoms with Gasteiger partial charge >= 0.3 is 5.97 Å². The number of methoxy groups -OCH3 is 1. The van der Waals surface area contributed by atoms with E-state index in [4.69, 9.17) is 14.5 Å². The van der Waals surface area contributed by atoms with Crippen molar-refractivity contribution in [2.75, 3.05) is 14.2 Å². The average Bonchev–Trinajstić information content (AvgIpc) is 3.10. The fourth-order valence-corrected chi connectivity index (χ4v) is 8.88. The highest BCUT2D eigenvalue weighted by molar-refractivity contribution is 5.68. The van der Waals surface area contributed by atoms with E-state index in [0.717, 1.165) is 43.4 Å². The van der Waals surface area contributed by atoms with Gasteiger partial charge in [0.1, 0.15) is 0 Å². The maximum atomic E-state index is 11.6. The van der Waals surface area contributed by atoms with E-state index in [-0.39, 0.29) is 18.2 Å². The molecule has 4 aliphatic rings. The van der Waals surface area contributed by atoms with Gasteiger partial charge in [-0.2, -0.15) is 0 Å². The van der Waals surface area contributed by atoms with Crippen molar-refractivity contribution >= 4 is 5.97 Å². The molecule has 178 valence electrons. The van der Waals surface area contributed by atoms with Crippen molar-refractivity contribution in [2.45, 2.75) is 103 Å². The summed E-state index contributed by atoms with van der Waals surface area (Å²) in [6.45, 7) is 5.08. The van der Waals surface area contributed by atoms with Gasteiger partial charge in [0.05, 0.1) is 26.4 Å². The lowest BCUT2D eigenvalue weighted by atomic mass is 9.44. The van der Waals surface area contributed by atoms with Crippen LogP contribution in [0.25, 0.3) is 0 Å². The van der Waals surface area contributed by atoms with Crippen molar-refractivity contribution in [2.24, 2.45) is 40.4 Å². The number of aliphatic hydroxyl groups excluding tert-OH is 1. The van der Waals surface area contributed by atoms with Crippen molar-refractivity contribution in [1.82, 2.24) is 0 Å². The van der Waals surface area contributed by atoms with E-state index in [1.54, 1.807) is 7.11 Å². The third-order valence-electron chi connectivity index (χ3n) is 10.5. The summed E-state index contributed by atoms with van der Waals surface area (Å²) in [5.41, 5.74) is 0.720. The first kappa shape index (κ1) is 23.5. The van der Waals surface area contributed by atoms with Crippen LogP contribution in [0.4, 0.5) is 0 Å². The molecule has 5 heteroatoms. The van der Waals surface area contributed by atoms with Crippen molar-refractivity contribution in [3.63, 3.8) is 0 Å². The van der Waals surface area contributed by atoms with Gasteiger partial charge in [0.25, 0.3) is 0 Å². The maximum absolute atomic E-state index is 11.6. The predicted molar refractivity (Wildman–Crippen MR) is 119 cm³/mol. The number of carbonyl (C=O) groups excluding carboxylic acids is 1. The van der Waals surface area contributed by atoms with Gasteiger partial charge < -0.3 is 9.84 Å². The largest absolute Gasteiger partial charge is 0.469 e. The Morgan fingerprint density at radius 3 is 2.48 bits per heavy atom. The Morgan fingerprint density at radius 2 is 1.74 bits per heavy atom. The molecule has 0 radical (unpaired) electrons. The van der Waals surface area contributed by atoms with Crippen LogP contribution in [0.1, 0.15) is 90.9 Å². The molecule has 0 aromatic heterocycles. The molecule has 4 fully saturated rings. The third kappa shape index (κ3) is 4.19. The van der Waals surface area contributed by atoms with Crippen molar-refractivity contribution < 1.29 is 24.4 Å². The molecule has 0 spiro atoms. The van der Waals surface area contributed by atoms with E-state index < -0.39 is 0 Å². The molecule has 5 nitrogen and oxygen atoms in total. The highest BCUT2D eigenvalue weighted by Gasteiger charge is 2.61. The second kappa shape index (κ2) is 9.30. The van der Waals surface area contributed by atoms with Crippen LogP contribution >= 0.6 is 0 Å². The lowest BCUT2D eigenvalue weighted by molar-refractivity contribution is -0.323. The second-order valence-corrected chi connectivity index (χ2v) is 11.6. The zero-order valence-corrected chi connectivity index (χ0v) is 20.1. The smallest absolute Gasteiger partial charge is 0.305 e. The summed E-state index contributed by atoms with van der Waals surface area (Å²) in [6.07, 6.45) is 13.0. The molecule has 0 heterocycles. The van der Waals surface area contributed by atoms with Crippen molar-refractivity contribution in [3.05, 3.63) is 0 Å². The standard InChI is InChI=1S/C26H44O5/c1-25-14-12-18(27)16-17(25)8-9-19-20-10-11-22(26(20,2)15-13-21(19)25)23(31-30-4)6-5-7-24(28)29-3/h17-23,27H,5-16H2,1-4H3/t17-,18-,19?,20?,21?,22+,23+,25-,26-/m0/s1. The first-order valence-corrected chi connectivity index (χ1v) is 12.8. The Morgan fingerprint density at radius 1 is 1.00 bits per heavy atom. The number of hydrogen-bond donors (Lipinski definition) is 1. The molecule has 3 unspecified atom stereocenters. The molecule has 0 aromatic rings. The van der Waals surface area contributed by atoms with Gasteiger partial charge in [-0.3, -0.25) is 4.79 Å². The van der Waals surface area contributed by atoms with E-state index in [0.29, 0.717) is 29.1 Å². The van der Waals surface area contributed by atoms with Crippen LogP contribution in [0, 0.1) is 40.4 Å². The Kier molecular flexibility index (Phi) is 7.06. The first-order chi connectivity index (χ1) is 14.8. The summed E-state index contributed by atoms with van der Waals surface area (Å²) in [5.74, 6) is 3.46. The molecular formula is C26H44O5. The minimum absolute atomic E-state index is 0.0537. The zero-order valence-electron chi connectivity index (χ0n) is 20.1. The minimum atomic E-state index is -0.144. The van der Waals surface area contributed by atoms with E-state index in [1.807, 2.05) is 0 Å². The molecule has 4 saturated carbocycles. The van der Waals surface area contributed by atoms with Crippen LogP contribution in [0.15, 0.2) is 0 Å². The van der Waals surface area contributed by atoms with Crippen LogP contribution in [0.2, 0.25) is 0 Å². The lowest BCUT2D eigenvalue weighted by Crippen LogP contribution is -2.54. The number of aliphatic hydroxyl groups is 1. The normalized spacial score (nSPS) is 45.3. The number of rotatable bonds is 7.